The second kappa shape index (κ2) is 56.2. The summed E-state index contributed by atoms with van der Waals surface area (Å²) in [4.78, 5) is 68.0. The molecular weight excluding hydrogens is 1950 g/mol. The molecule has 0 spiro atoms. The lowest BCUT2D eigenvalue weighted by Gasteiger charge is -2.15. The monoisotopic (exact) mass is 2050 g/mol. The summed E-state index contributed by atoms with van der Waals surface area (Å²) in [7, 11) is 7.12. The highest BCUT2D eigenvalue weighted by Crippen LogP contribution is 2.45. The molecule has 12 aromatic carbocycles. The highest BCUT2D eigenvalue weighted by Gasteiger charge is 2.30. The van der Waals surface area contributed by atoms with Gasteiger partial charge in [-0.2, -0.15) is 12.6 Å². The average Bonchev–Trinajstić information content (AvgIpc) is 1.66. The van der Waals surface area contributed by atoms with Crippen LogP contribution in [0, 0.1) is 118 Å². The number of ether oxygens (including phenoxy) is 19. The van der Waals surface area contributed by atoms with E-state index in [9.17, 15) is 86.6 Å². The first-order valence-corrected chi connectivity index (χ1v) is 44.4. The average molecular weight is 2050 g/mol. The van der Waals surface area contributed by atoms with Gasteiger partial charge in [0.2, 0.25) is 0 Å². The normalized spacial score (nSPS) is 10.9. The van der Waals surface area contributed by atoms with Crippen molar-refractivity contribution < 1.29 is 177 Å². The lowest BCUT2D eigenvalue weighted by molar-refractivity contribution is 0.119. The van der Waals surface area contributed by atoms with Crippen molar-refractivity contribution in [1.82, 2.24) is 0 Å². The van der Waals surface area contributed by atoms with Gasteiger partial charge in [0.05, 0.1) is 61.4 Å². The standard InChI is InChI=1S/C19H18F2O4.C18H18F2O5.C18H18F2O4.C17H16F2O5.C17H16F2O4S.C17H16F2O4/c1-11-8-16(21)18(9-15(11)20)24-10-14-13(12-6-7-12)4-3-5-17(14)25-19(22)23-2;1-4-23-15-6-5-7-16(25-18(21)22-3)12(15)10-24-17-9-13(19)11(2)8-14(17)20;1-4-12-6-5-7-16(24-18(21)22-3)13(12)10-23-17-9-14(19)11(2)8-15(17)20;1-10-6-14(19)16(7-13(10)18)23-9-12-11(8-20)4-3-5-15(12)24-17(21)22-2;1-10-6-14(19)16(7-13(10)18)22-8-12-11(9-24)4-3-5-15(12)23-17(20)21-2;1-10-5-4-6-15(23-17(20)21-3)12(10)9-22-16-8-13(18)11(2)7-14(16)19/h3-5,8-9,12H,6-7,10H2,1-2H3;5-9H,4,10H2,1-3H3;5-9H,4,10H2,1-3H3;3-7,20H,8-9H2,1-2H3;3-7,24H,8-9H2,1-2H3;4-8H,9H2,1-3H3. The number of hydrogen-bond donors (Lipinski definition) is 2. The summed E-state index contributed by atoms with van der Waals surface area (Å²) in [6.07, 6.45) is -2.61. The van der Waals surface area contributed by atoms with E-state index in [1.165, 1.54) is 89.2 Å². The Kier molecular flexibility index (Phi) is 44.5. The molecule has 0 unspecified atom stereocenters. The summed E-state index contributed by atoms with van der Waals surface area (Å²) in [5, 5.41) is 9.41. The summed E-state index contributed by atoms with van der Waals surface area (Å²) >= 11 is 4.21. The van der Waals surface area contributed by atoms with Gasteiger partial charge in [-0.25, -0.2) is 81.5 Å². The van der Waals surface area contributed by atoms with Crippen molar-refractivity contribution in [1.29, 1.82) is 0 Å². The van der Waals surface area contributed by atoms with E-state index in [0.717, 1.165) is 115 Å². The number of carbonyl (C=O) groups is 6. The van der Waals surface area contributed by atoms with Gasteiger partial charge >= 0.3 is 36.9 Å². The number of aliphatic hydroxyl groups excluding tert-OH is 1. The maximum atomic E-state index is 14.0. The second-order valence-electron chi connectivity index (χ2n) is 30.9. The van der Waals surface area contributed by atoms with Gasteiger partial charge in [0, 0.05) is 70.0 Å². The molecule has 26 nitrogen and oxygen atoms in total. The van der Waals surface area contributed by atoms with Crippen LogP contribution in [0.15, 0.2) is 182 Å². The first-order chi connectivity index (χ1) is 69.2. The predicted molar refractivity (Wildman–Crippen MR) is 505 cm³/mol. The Labute approximate surface area is 832 Å². The molecule has 0 heterocycles. The molecule has 0 atom stereocenters. The molecule has 772 valence electrons. The smallest absolute Gasteiger partial charge is 0.493 e. The minimum Gasteiger partial charge on any atom is -0.493 e. The molecule has 39 heteroatoms. The molecule has 0 aliphatic heterocycles. The quantitative estimate of drug-likeness (QED) is 0.0139. The van der Waals surface area contributed by atoms with Gasteiger partial charge < -0.3 is 95.1 Å². The van der Waals surface area contributed by atoms with Crippen LogP contribution in [-0.4, -0.2) is 91.3 Å². The Hall–Kier alpha value is -15.7. The van der Waals surface area contributed by atoms with Crippen LogP contribution in [0.3, 0.4) is 0 Å². The van der Waals surface area contributed by atoms with Gasteiger partial charge in [0.1, 0.15) is 115 Å². The highest BCUT2D eigenvalue weighted by molar-refractivity contribution is 7.79. The number of benzene rings is 12. The number of aryl methyl sites for hydroxylation is 8. The Morgan fingerprint density at radius 3 is 0.793 bits per heavy atom. The Balaban J connectivity index is 0.000000212. The maximum Gasteiger partial charge on any atom is 0.513 e. The summed E-state index contributed by atoms with van der Waals surface area (Å²) in [5.41, 5.74) is 7.83. The molecule has 0 aromatic heterocycles. The minimum absolute atomic E-state index is 0.0432. The van der Waals surface area contributed by atoms with Crippen molar-refractivity contribution in [2.24, 2.45) is 0 Å². The first-order valence-electron chi connectivity index (χ1n) is 43.8. The lowest BCUT2D eigenvalue weighted by atomic mass is 10.0. The van der Waals surface area contributed by atoms with Crippen LogP contribution in [0.2, 0.25) is 0 Å². The number of halogens is 12. The fourth-order valence-electron chi connectivity index (χ4n) is 13.0. The second-order valence-corrected chi connectivity index (χ2v) is 31.2. The molecular formula is C106H102F12O26S. The third-order valence-corrected chi connectivity index (χ3v) is 21.4. The van der Waals surface area contributed by atoms with Gasteiger partial charge in [0.25, 0.3) is 0 Å². The van der Waals surface area contributed by atoms with Gasteiger partial charge in [-0.05, 0) is 221 Å². The van der Waals surface area contributed by atoms with Crippen LogP contribution < -0.4 is 61.6 Å². The SMILES string of the molecule is CCOc1cccc(OC(=O)OC)c1COc1cc(F)c(C)cc1F.CCc1cccc(OC(=O)OC)c1COc1cc(F)c(C)cc1F.COC(=O)Oc1cccc(C)c1COc1cc(F)c(C)cc1F.COC(=O)Oc1cccc(C2CC2)c1COc1cc(F)c(C)cc1F.COC(=O)Oc1cccc(CO)c1COc1cc(F)c(C)cc1F.COC(=O)Oc1cccc(CS)c1COc1cc(F)c(C)cc1F. The molecule has 0 amide bonds. The van der Waals surface area contributed by atoms with Crippen molar-refractivity contribution in [2.45, 2.75) is 139 Å². The number of aliphatic hydroxyl groups is 1. The van der Waals surface area contributed by atoms with E-state index >= 15 is 0 Å². The molecule has 1 aliphatic rings. The van der Waals surface area contributed by atoms with Crippen molar-refractivity contribution >= 4 is 49.6 Å². The van der Waals surface area contributed by atoms with E-state index in [0.29, 0.717) is 75.1 Å². The summed E-state index contributed by atoms with van der Waals surface area (Å²) < 4.78 is 260. The number of hydrogen-bond acceptors (Lipinski definition) is 27. The zero-order valence-corrected chi connectivity index (χ0v) is 81.9. The van der Waals surface area contributed by atoms with Crippen molar-refractivity contribution in [3.63, 3.8) is 0 Å². The summed E-state index contributed by atoms with van der Waals surface area (Å²) in [6, 6.07) is 42.2. The molecule has 1 fully saturated rings. The van der Waals surface area contributed by atoms with E-state index in [4.69, 9.17) is 61.6 Å². The molecule has 0 bridgehead atoms. The molecule has 0 saturated heterocycles. The van der Waals surface area contributed by atoms with Gasteiger partial charge in [-0.3, -0.25) is 0 Å². The van der Waals surface area contributed by atoms with Gasteiger partial charge in [-0.1, -0.05) is 73.7 Å². The number of rotatable bonds is 30. The minimum atomic E-state index is -0.945. The Morgan fingerprint density at radius 2 is 0.503 bits per heavy atom. The highest BCUT2D eigenvalue weighted by atomic mass is 32.1. The summed E-state index contributed by atoms with van der Waals surface area (Å²) in [5.74, 6) is -6.44. The third kappa shape index (κ3) is 33.8. The Morgan fingerprint density at radius 1 is 0.269 bits per heavy atom. The lowest BCUT2D eigenvalue weighted by Crippen LogP contribution is -2.11. The van der Waals surface area contributed by atoms with Crippen LogP contribution in [0.4, 0.5) is 81.5 Å². The van der Waals surface area contributed by atoms with E-state index in [1.807, 2.05) is 19.1 Å². The molecule has 145 heavy (non-hydrogen) atoms. The van der Waals surface area contributed by atoms with Crippen LogP contribution >= 0.6 is 12.6 Å². The van der Waals surface area contributed by atoms with Crippen LogP contribution in [0.5, 0.6) is 74.7 Å². The van der Waals surface area contributed by atoms with E-state index in [-0.39, 0.29) is 143 Å². The molecule has 1 N–H and O–H groups in total. The van der Waals surface area contributed by atoms with E-state index < -0.39 is 107 Å². The molecule has 0 radical (unpaired) electrons. The molecule has 13 rings (SSSR count). The molecule has 1 saturated carbocycles. The predicted octanol–water partition coefficient (Wildman–Crippen LogP) is 26.1. The van der Waals surface area contributed by atoms with Gasteiger partial charge in [0.15, 0.2) is 69.4 Å². The molecule has 1 aliphatic carbocycles. The van der Waals surface area contributed by atoms with Crippen molar-refractivity contribution in [3.05, 3.63) is 346 Å². The van der Waals surface area contributed by atoms with Gasteiger partial charge in [-0.15, -0.1) is 0 Å². The fourth-order valence-corrected chi connectivity index (χ4v) is 13.3. The van der Waals surface area contributed by atoms with Crippen molar-refractivity contribution in [2.75, 3.05) is 49.3 Å². The zero-order valence-electron chi connectivity index (χ0n) is 81.0. The topological polar surface area (TPSA) is 298 Å². The van der Waals surface area contributed by atoms with Crippen LogP contribution in [0.25, 0.3) is 0 Å². The number of thiol groups is 1. The van der Waals surface area contributed by atoms with Crippen LogP contribution in [0.1, 0.15) is 127 Å². The fraction of sp³-hybridized carbons (Fsp3) is 0.264. The number of methoxy groups -OCH3 is 6. The zero-order chi connectivity index (χ0) is 106. The van der Waals surface area contributed by atoms with Crippen LogP contribution in [-0.2, 0) is 86.8 Å². The van der Waals surface area contributed by atoms with E-state index in [2.05, 4.69) is 41.0 Å². The Bertz CT molecular complexity index is 6220. The van der Waals surface area contributed by atoms with Crippen molar-refractivity contribution in [3.8, 4) is 74.7 Å². The summed E-state index contributed by atoms with van der Waals surface area (Å²) in [6.45, 7) is 13.5. The number of carbonyl (C=O) groups excluding carboxylic acids is 6. The largest absolute Gasteiger partial charge is 0.513 e. The van der Waals surface area contributed by atoms with E-state index in [1.54, 1.807) is 98.8 Å². The maximum absolute atomic E-state index is 14.0. The molecule has 12 aromatic rings. The first kappa shape index (κ1) is 115. The third-order valence-electron chi connectivity index (χ3n) is 21.0.